The molecule has 0 saturated heterocycles. The van der Waals surface area contributed by atoms with E-state index in [9.17, 15) is 10.1 Å². The summed E-state index contributed by atoms with van der Waals surface area (Å²) in [6, 6.07) is 25.7. The van der Waals surface area contributed by atoms with E-state index in [-0.39, 0.29) is 12.2 Å². The standard InChI is InChI=1S/C25H20N4OS/c1-31-25(14-24(30)21-13-7-11-19-10-5-6-12-20(19)21)22(15-26)23-17-29(28-27-23)16-18-8-3-2-4-9-18/h2-13,17H,14,16H2,1H3/b25-22+. The van der Waals surface area contributed by atoms with Gasteiger partial charge >= 0.3 is 0 Å². The van der Waals surface area contributed by atoms with Crippen molar-refractivity contribution in [2.24, 2.45) is 0 Å². The summed E-state index contributed by atoms with van der Waals surface area (Å²) in [4.78, 5) is 13.8. The fraction of sp³-hybridized carbons (Fsp3) is 0.120. The average molecular weight is 425 g/mol. The molecule has 6 heteroatoms. The molecule has 5 nitrogen and oxygen atoms in total. The number of fused-ring (bicyclic) bond motifs is 1. The third kappa shape index (κ3) is 4.57. The summed E-state index contributed by atoms with van der Waals surface area (Å²) in [5.41, 5.74) is 2.63. The van der Waals surface area contributed by atoms with Crippen molar-refractivity contribution in [1.82, 2.24) is 15.0 Å². The number of benzene rings is 3. The van der Waals surface area contributed by atoms with Crippen LogP contribution in [-0.4, -0.2) is 27.0 Å². The molecule has 3 aromatic carbocycles. The molecule has 0 radical (unpaired) electrons. The van der Waals surface area contributed by atoms with Crippen molar-refractivity contribution < 1.29 is 4.79 Å². The summed E-state index contributed by atoms with van der Waals surface area (Å²) in [5.74, 6) is -0.0226. The van der Waals surface area contributed by atoms with E-state index in [1.54, 1.807) is 10.9 Å². The highest BCUT2D eigenvalue weighted by atomic mass is 32.2. The number of hydrogen-bond donors (Lipinski definition) is 0. The number of nitrogens with zero attached hydrogens (tertiary/aromatic N) is 4. The van der Waals surface area contributed by atoms with Gasteiger partial charge in [-0.1, -0.05) is 78.0 Å². The number of rotatable bonds is 7. The summed E-state index contributed by atoms with van der Waals surface area (Å²) in [6.45, 7) is 0.566. The van der Waals surface area contributed by atoms with E-state index < -0.39 is 0 Å². The van der Waals surface area contributed by atoms with Crippen molar-refractivity contribution in [2.75, 3.05) is 6.26 Å². The molecule has 0 aliphatic rings. The van der Waals surface area contributed by atoms with Gasteiger partial charge in [0.25, 0.3) is 0 Å². The maximum Gasteiger partial charge on any atom is 0.168 e. The fourth-order valence-electron chi connectivity index (χ4n) is 3.50. The van der Waals surface area contributed by atoms with E-state index in [4.69, 9.17) is 0 Å². The van der Waals surface area contributed by atoms with E-state index in [2.05, 4.69) is 16.4 Å². The fourth-order valence-corrected chi connectivity index (χ4v) is 4.13. The minimum absolute atomic E-state index is 0.0226. The van der Waals surface area contributed by atoms with Crippen molar-refractivity contribution in [2.45, 2.75) is 13.0 Å². The van der Waals surface area contributed by atoms with E-state index in [1.165, 1.54) is 11.8 Å². The molecule has 152 valence electrons. The molecule has 1 aromatic heterocycles. The normalized spacial score (nSPS) is 11.7. The van der Waals surface area contributed by atoms with Crippen molar-refractivity contribution in [3.05, 3.63) is 101 Å². The highest BCUT2D eigenvalue weighted by molar-refractivity contribution is 8.02. The summed E-state index contributed by atoms with van der Waals surface area (Å²) in [6.07, 6.45) is 3.77. The van der Waals surface area contributed by atoms with Crippen LogP contribution in [0.1, 0.15) is 28.0 Å². The predicted octanol–water partition coefficient (Wildman–Crippen LogP) is 5.35. The molecule has 0 aliphatic carbocycles. The number of hydrogen-bond acceptors (Lipinski definition) is 5. The van der Waals surface area contributed by atoms with Crippen LogP contribution in [0, 0.1) is 11.3 Å². The summed E-state index contributed by atoms with van der Waals surface area (Å²) >= 11 is 1.40. The highest BCUT2D eigenvalue weighted by Gasteiger charge is 2.18. The Hall–Kier alpha value is -3.69. The molecule has 0 amide bonds. The molecular formula is C25H20N4OS. The van der Waals surface area contributed by atoms with Gasteiger partial charge in [-0.15, -0.1) is 16.9 Å². The predicted molar refractivity (Wildman–Crippen MR) is 125 cm³/mol. The monoisotopic (exact) mass is 424 g/mol. The summed E-state index contributed by atoms with van der Waals surface area (Å²) in [7, 11) is 0. The Balaban J connectivity index is 1.62. The number of carbonyl (C=O) groups is 1. The second-order valence-electron chi connectivity index (χ2n) is 7.03. The second kappa shape index (κ2) is 9.41. The van der Waals surface area contributed by atoms with Crippen LogP contribution in [0.5, 0.6) is 0 Å². The first kappa shape index (κ1) is 20.6. The van der Waals surface area contributed by atoms with Gasteiger partial charge in [0.1, 0.15) is 11.8 Å². The van der Waals surface area contributed by atoms with Crippen LogP contribution in [0.2, 0.25) is 0 Å². The first-order chi connectivity index (χ1) is 15.2. The number of allylic oxidation sites excluding steroid dienone is 2. The maximum absolute atomic E-state index is 13.1. The van der Waals surface area contributed by atoms with Crippen LogP contribution >= 0.6 is 11.8 Å². The van der Waals surface area contributed by atoms with E-state index in [0.29, 0.717) is 28.3 Å². The maximum atomic E-state index is 13.1. The zero-order valence-electron chi connectivity index (χ0n) is 17.0. The van der Waals surface area contributed by atoms with Crippen molar-refractivity contribution in [3.63, 3.8) is 0 Å². The van der Waals surface area contributed by atoms with Gasteiger partial charge < -0.3 is 0 Å². The molecular weight excluding hydrogens is 404 g/mol. The molecule has 0 fully saturated rings. The smallest absolute Gasteiger partial charge is 0.168 e. The number of carbonyl (C=O) groups excluding carboxylic acids is 1. The van der Waals surface area contributed by atoms with Gasteiger partial charge in [0, 0.05) is 16.9 Å². The Morgan fingerprint density at radius 3 is 2.55 bits per heavy atom. The minimum atomic E-state index is -0.0226. The Morgan fingerprint density at radius 1 is 1.03 bits per heavy atom. The lowest BCUT2D eigenvalue weighted by Gasteiger charge is -2.08. The number of nitriles is 1. The van der Waals surface area contributed by atoms with Crippen molar-refractivity contribution in [1.29, 1.82) is 5.26 Å². The molecule has 0 atom stereocenters. The Bertz CT molecular complexity index is 1300. The molecule has 0 bridgehead atoms. The van der Waals surface area contributed by atoms with Crippen LogP contribution in [-0.2, 0) is 6.54 Å². The van der Waals surface area contributed by atoms with Crippen LogP contribution in [0.15, 0.2) is 83.9 Å². The number of aromatic nitrogens is 3. The Morgan fingerprint density at radius 2 is 1.77 bits per heavy atom. The van der Waals surface area contributed by atoms with Crippen LogP contribution in [0.4, 0.5) is 0 Å². The van der Waals surface area contributed by atoms with E-state index >= 15 is 0 Å². The Labute approximate surface area is 185 Å². The van der Waals surface area contributed by atoms with Gasteiger partial charge in [-0.25, -0.2) is 4.68 Å². The summed E-state index contributed by atoms with van der Waals surface area (Å²) in [5, 5.41) is 20.1. The SMILES string of the molecule is CS/C(CC(=O)c1cccc2ccccc12)=C(\C#N)c1cn(Cc2ccccc2)nn1. The van der Waals surface area contributed by atoms with Crippen molar-refractivity contribution in [3.8, 4) is 6.07 Å². The van der Waals surface area contributed by atoms with E-state index in [0.717, 1.165) is 16.3 Å². The van der Waals surface area contributed by atoms with Gasteiger partial charge in [0.15, 0.2) is 5.78 Å². The van der Waals surface area contributed by atoms with Gasteiger partial charge in [-0.2, -0.15) is 5.26 Å². The quantitative estimate of drug-likeness (QED) is 0.295. The lowest BCUT2D eigenvalue weighted by Crippen LogP contribution is -2.02. The zero-order chi connectivity index (χ0) is 21.6. The molecule has 0 N–H and O–H groups in total. The van der Waals surface area contributed by atoms with Crippen LogP contribution < -0.4 is 0 Å². The molecule has 0 saturated carbocycles. The third-order valence-corrected chi connectivity index (χ3v) is 5.87. The molecule has 0 aliphatic heterocycles. The van der Waals surface area contributed by atoms with Crippen LogP contribution in [0.3, 0.4) is 0 Å². The largest absolute Gasteiger partial charge is 0.294 e. The molecule has 0 unspecified atom stereocenters. The lowest BCUT2D eigenvalue weighted by molar-refractivity contribution is 0.0996. The first-order valence-corrected chi connectivity index (χ1v) is 11.0. The zero-order valence-corrected chi connectivity index (χ0v) is 17.8. The molecule has 4 aromatic rings. The van der Waals surface area contributed by atoms with Gasteiger partial charge in [-0.05, 0) is 22.6 Å². The molecule has 1 heterocycles. The topological polar surface area (TPSA) is 71.6 Å². The highest BCUT2D eigenvalue weighted by Crippen LogP contribution is 2.29. The lowest BCUT2D eigenvalue weighted by atomic mass is 9.99. The van der Waals surface area contributed by atoms with E-state index in [1.807, 2.05) is 79.1 Å². The number of ketones is 1. The number of Topliss-reactive ketones (excluding diaryl/α,β-unsaturated/α-hetero) is 1. The number of thioether (sulfide) groups is 1. The minimum Gasteiger partial charge on any atom is -0.294 e. The van der Waals surface area contributed by atoms with Gasteiger partial charge in [0.2, 0.25) is 0 Å². The molecule has 4 rings (SSSR count). The Kier molecular flexibility index (Phi) is 6.25. The molecule has 31 heavy (non-hydrogen) atoms. The second-order valence-corrected chi connectivity index (χ2v) is 7.93. The third-order valence-electron chi connectivity index (χ3n) is 5.03. The first-order valence-electron chi connectivity index (χ1n) is 9.82. The van der Waals surface area contributed by atoms with Crippen molar-refractivity contribution >= 4 is 33.9 Å². The van der Waals surface area contributed by atoms with Gasteiger partial charge in [0.05, 0.1) is 18.3 Å². The molecule has 0 spiro atoms. The van der Waals surface area contributed by atoms with Crippen LogP contribution in [0.25, 0.3) is 16.3 Å². The average Bonchev–Trinajstić information content (AvgIpc) is 3.27. The summed E-state index contributed by atoms with van der Waals surface area (Å²) < 4.78 is 1.70. The van der Waals surface area contributed by atoms with Gasteiger partial charge in [-0.3, -0.25) is 4.79 Å².